The van der Waals surface area contributed by atoms with Crippen LogP contribution in [0.25, 0.3) is 11.3 Å². The van der Waals surface area contributed by atoms with E-state index in [9.17, 15) is 4.39 Å². The van der Waals surface area contributed by atoms with E-state index in [1.165, 1.54) is 6.07 Å². The Morgan fingerprint density at radius 1 is 1.35 bits per heavy atom. The highest BCUT2D eigenvalue weighted by Crippen LogP contribution is 2.24. The summed E-state index contributed by atoms with van der Waals surface area (Å²) < 4.78 is 14.2. The van der Waals surface area contributed by atoms with Gasteiger partial charge in [-0.15, -0.1) is 0 Å². The van der Waals surface area contributed by atoms with E-state index >= 15 is 0 Å². The topological polar surface area (TPSA) is 28.2 Å². The van der Waals surface area contributed by atoms with E-state index in [4.69, 9.17) is 11.6 Å². The van der Waals surface area contributed by atoms with Crippen LogP contribution in [0.1, 0.15) is 5.56 Å². The molecule has 3 rings (SSSR count). The highest BCUT2D eigenvalue weighted by Gasteiger charge is 2.10. The molecule has 0 aliphatic carbocycles. The van der Waals surface area contributed by atoms with Crippen LogP contribution >= 0.6 is 11.6 Å². The molecule has 0 amide bonds. The van der Waals surface area contributed by atoms with Crippen molar-refractivity contribution in [2.75, 3.05) is 6.67 Å². The van der Waals surface area contributed by atoms with E-state index in [0.29, 0.717) is 22.8 Å². The Morgan fingerprint density at radius 2 is 2.25 bits per heavy atom. The third-order valence-electron chi connectivity index (χ3n) is 3.08. The summed E-state index contributed by atoms with van der Waals surface area (Å²) in [7, 11) is 0. The van der Waals surface area contributed by atoms with Gasteiger partial charge in [0.1, 0.15) is 11.5 Å². The molecule has 0 spiro atoms. The summed E-state index contributed by atoms with van der Waals surface area (Å²) in [5.41, 5.74) is 1.84. The lowest BCUT2D eigenvalue weighted by Crippen LogP contribution is -2.20. The fraction of sp³-hybridized carbons (Fsp3) is 0.133. The molecule has 102 valence electrons. The molecule has 5 heteroatoms. The molecular formula is C15H13ClFN3. The first-order chi connectivity index (χ1) is 9.72. The number of nitrogens with zero attached hydrogens (tertiary/aromatic N) is 2. The molecule has 1 aliphatic heterocycles. The second-order valence-corrected chi connectivity index (χ2v) is 5.05. The average molecular weight is 290 g/mol. The minimum Gasteiger partial charge on any atom is -0.373 e. The highest BCUT2D eigenvalue weighted by molar-refractivity contribution is 6.30. The van der Waals surface area contributed by atoms with Gasteiger partial charge < -0.3 is 10.2 Å². The number of hydrogen-bond acceptors (Lipinski definition) is 3. The van der Waals surface area contributed by atoms with Crippen molar-refractivity contribution >= 4 is 11.6 Å². The molecule has 2 aromatic rings. The molecular weight excluding hydrogens is 277 g/mol. The minimum absolute atomic E-state index is 0.325. The molecule has 0 bridgehead atoms. The van der Waals surface area contributed by atoms with Gasteiger partial charge in [0, 0.05) is 35.7 Å². The first-order valence-electron chi connectivity index (χ1n) is 6.27. The monoisotopic (exact) mass is 289 g/mol. The Kier molecular flexibility index (Phi) is 3.56. The van der Waals surface area contributed by atoms with Gasteiger partial charge in [-0.05, 0) is 23.8 Å². The Balaban J connectivity index is 1.85. The highest BCUT2D eigenvalue weighted by atomic mass is 35.5. The fourth-order valence-corrected chi connectivity index (χ4v) is 2.33. The van der Waals surface area contributed by atoms with Crippen LogP contribution in [0, 0.1) is 5.82 Å². The summed E-state index contributed by atoms with van der Waals surface area (Å²) in [6.45, 7) is 1.36. The summed E-state index contributed by atoms with van der Waals surface area (Å²) in [6.07, 6.45) is 5.50. The maximum atomic E-state index is 14.2. The molecule has 1 aromatic carbocycles. The largest absolute Gasteiger partial charge is 0.373 e. The molecule has 0 saturated heterocycles. The second-order valence-electron chi connectivity index (χ2n) is 4.61. The van der Waals surface area contributed by atoms with Crippen LogP contribution in [0.15, 0.2) is 48.9 Å². The molecule has 1 aromatic heterocycles. The predicted molar refractivity (Wildman–Crippen MR) is 77.3 cm³/mol. The summed E-state index contributed by atoms with van der Waals surface area (Å²) in [5.74, 6) is -0.332. The maximum Gasteiger partial charge on any atom is 0.149 e. The molecule has 0 unspecified atom stereocenters. The SMILES string of the molecule is Fc1cc(CN2C=CNC2)cnc1-c1cccc(Cl)c1. The van der Waals surface area contributed by atoms with Crippen LogP contribution in [0.2, 0.25) is 5.02 Å². The number of nitrogens with one attached hydrogen (secondary N) is 1. The van der Waals surface area contributed by atoms with Gasteiger partial charge in [-0.25, -0.2) is 4.39 Å². The Bertz CT molecular complexity index is 657. The van der Waals surface area contributed by atoms with Crippen molar-refractivity contribution in [3.8, 4) is 11.3 Å². The first kappa shape index (κ1) is 12.9. The minimum atomic E-state index is -0.332. The van der Waals surface area contributed by atoms with Crippen molar-refractivity contribution in [3.63, 3.8) is 0 Å². The standard InChI is InChI=1S/C15H13ClFN3/c16-13-3-1-2-12(7-13)15-14(17)6-11(8-19-15)9-20-5-4-18-10-20/h1-8,18H,9-10H2. The third kappa shape index (κ3) is 2.75. The zero-order valence-corrected chi connectivity index (χ0v) is 11.4. The molecule has 3 nitrogen and oxygen atoms in total. The summed E-state index contributed by atoms with van der Waals surface area (Å²) in [6, 6.07) is 8.57. The predicted octanol–water partition coefficient (Wildman–Crippen LogP) is 3.38. The van der Waals surface area contributed by atoms with Crippen molar-refractivity contribution in [1.82, 2.24) is 15.2 Å². The van der Waals surface area contributed by atoms with Gasteiger partial charge in [0.2, 0.25) is 0 Å². The average Bonchev–Trinajstić information content (AvgIpc) is 2.92. The van der Waals surface area contributed by atoms with E-state index in [1.807, 2.05) is 17.3 Å². The van der Waals surface area contributed by atoms with Crippen LogP contribution in [0.5, 0.6) is 0 Å². The van der Waals surface area contributed by atoms with Crippen molar-refractivity contribution < 1.29 is 4.39 Å². The van der Waals surface area contributed by atoms with Crippen LogP contribution in [0.3, 0.4) is 0 Å². The zero-order valence-electron chi connectivity index (χ0n) is 10.7. The van der Waals surface area contributed by atoms with Crippen molar-refractivity contribution in [2.24, 2.45) is 0 Å². The van der Waals surface area contributed by atoms with Crippen LogP contribution < -0.4 is 5.32 Å². The van der Waals surface area contributed by atoms with Crippen molar-refractivity contribution in [1.29, 1.82) is 0 Å². The third-order valence-corrected chi connectivity index (χ3v) is 3.31. The number of pyridine rings is 1. The van der Waals surface area contributed by atoms with Gasteiger partial charge in [-0.2, -0.15) is 0 Å². The van der Waals surface area contributed by atoms with Gasteiger partial charge in [0.25, 0.3) is 0 Å². The molecule has 0 saturated carbocycles. The second kappa shape index (κ2) is 5.51. The smallest absolute Gasteiger partial charge is 0.149 e. The fourth-order valence-electron chi connectivity index (χ4n) is 2.14. The van der Waals surface area contributed by atoms with Crippen LogP contribution in [-0.2, 0) is 6.54 Å². The van der Waals surface area contributed by atoms with Crippen LogP contribution in [0.4, 0.5) is 4.39 Å². The summed E-state index contributed by atoms with van der Waals surface area (Å²) in [4.78, 5) is 6.26. The molecule has 0 radical (unpaired) electrons. The van der Waals surface area contributed by atoms with Gasteiger partial charge in [-0.1, -0.05) is 23.7 Å². The lowest BCUT2D eigenvalue weighted by atomic mass is 10.1. The number of halogens is 2. The van der Waals surface area contributed by atoms with Crippen molar-refractivity contribution in [3.05, 3.63) is 65.3 Å². The van der Waals surface area contributed by atoms with E-state index in [1.54, 1.807) is 30.5 Å². The number of aromatic nitrogens is 1. The van der Waals surface area contributed by atoms with Crippen LogP contribution in [-0.4, -0.2) is 16.6 Å². The van der Waals surface area contributed by atoms with E-state index in [0.717, 1.165) is 12.2 Å². The van der Waals surface area contributed by atoms with E-state index < -0.39 is 0 Å². The molecule has 1 N–H and O–H groups in total. The lowest BCUT2D eigenvalue weighted by Gasteiger charge is -2.15. The molecule has 20 heavy (non-hydrogen) atoms. The molecule has 2 heterocycles. The first-order valence-corrected chi connectivity index (χ1v) is 6.64. The molecule has 1 aliphatic rings. The Hall–Kier alpha value is -2.07. The van der Waals surface area contributed by atoms with Gasteiger partial charge in [-0.3, -0.25) is 4.98 Å². The number of rotatable bonds is 3. The maximum absolute atomic E-state index is 14.2. The van der Waals surface area contributed by atoms with Gasteiger partial charge >= 0.3 is 0 Å². The zero-order chi connectivity index (χ0) is 13.9. The number of benzene rings is 1. The Labute approximate surface area is 121 Å². The quantitative estimate of drug-likeness (QED) is 0.939. The number of hydrogen-bond donors (Lipinski definition) is 1. The van der Waals surface area contributed by atoms with E-state index in [2.05, 4.69) is 10.3 Å². The van der Waals surface area contributed by atoms with Gasteiger partial charge in [0.15, 0.2) is 0 Å². The summed E-state index contributed by atoms with van der Waals surface area (Å²) in [5, 5.41) is 3.64. The molecule has 0 atom stereocenters. The normalized spacial score (nSPS) is 13.6. The van der Waals surface area contributed by atoms with Gasteiger partial charge in [0.05, 0.1) is 6.67 Å². The Morgan fingerprint density at radius 3 is 2.95 bits per heavy atom. The van der Waals surface area contributed by atoms with E-state index in [-0.39, 0.29) is 5.82 Å². The lowest BCUT2D eigenvalue weighted by molar-refractivity contribution is 0.383. The molecule has 0 fully saturated rings. The summed E-state index contributed by atoms with van der Waals surface area (Å²) >= 11 is 5.92. The van der Waals surface area contributed by atoms with Crippen molar-refractivity contribution in [2.45, 2.75) is 6.54 Å².